The molecule has 0 saturated carbocycles. The van der Waals surface area contributed by atoms with Crippen molar-refractivity contribution in [1.82, 2.24) is 14.1 Å². The van der Waals surface area contributed by atoms with Gasteiger partial charge in [0.25, 0.3) is 0 Å². The maximum Gasteiger partial charge on any atom is 0.404 e. The van der Waals surface area contributed by atoms with E-state index in [1.54, 1.807) is 0 Å². The van der Waals surface area contributed by atoms with Crippen LogP contribution in [-0.2, 0) is 14.8 Å². The summed E-state index contributed by atoms with van der Waals surface area (Å²) in [5, 5.41) is 0. The summed E-state index contributed by atoms with van der Waals surface area (Å²) in [6, 6.07) is 0. The van der Waals surface area contributed by atoms with Crippen molar-refractivity contribution in [2.75, 3.05) is 45.0 Å². The molecule has 2 fully saturated rings. The highest BCUT2D eigenvalue weighted by Crippen LogP contribution is 2.35. The predicted octanol–water partition coefficient (Wildman–Crippen LogP) is 2.19. The standard InChI is InChI=1S/C18H28F3N3O3S/c19-18(20,21)14-28(26,27)23-9-4-8-22(11-12-23)13-17(25)24-10-3-6-15-5-1-2-7-16(15)24/h7,15H,1-6,8-14H2. The molecule has 0 aromatic heterocycles. The number of likely N-dealkylation sites (tertiary alicyclic amines) is 1. The third kappa shape index (κ3) is 5.48. The molecule has 3 aliphatic rings. The molecular weight excluding hydrogens is 395 g/mol. The monoisotopic (exact) mass is 423 g/mol. The first-order valence-corrected chi connectivity index (χ1v) is 11.5. The van der Waals surface area contributed by atoms with Crippen LogP contribution in [0.15, 0.2) is 11.8 Å². The van der Waals surface area contributed by atoms with Gasteiger partial charge in [0.2, 0.25) is 15.9 Å². The lowest BCUT2D eigenvalue weighted by Gasteiger charge is -2.38. The van der Waals surface area contributed by atoms with Crippen LogP contribution in [0, 0.1) is 5.92 Å². The molecule has 0 aromatic rings. The van der Waals surface area contributed by atoms with E-state index in [4.69, 9.17) is 0 Å². The van der Waals surface area contributed by atoms with Gasteiger partial charge in [-0.05, 0) is 51.0 Å². The summed E-state index contributed by atoms with van der Waals surface area (Å²) in [6.07, 6.45) is 3.19. The second-order valence-corrected chi connectivity index (χ2v) is 9.81. The molecule has 1 unspecified atom stereocenters. The third-order valence-corrected chi connectivity index (χ3v) is 7.57. The minimum Gasteiger partial charge on any atom is -0.315 e. The quantitative estimate of drug-likeness (QED) is 0.696. The van der Waals surface area contributed by atoms with Crippen molar-refractivity contribution in [2.24, 2.45) is 5.92 Å². The first-order valence-electron chi connectivity index (χ1n) is 9.93. The van der Waals surface area contributed by atoms with E-state index in [9.17, 15) is 26.4 Å². The lowest BCUT2D eigenvalue weighted by atomic mass is 9.85. The molecule has 0 aromatic carbocycles. The van der Waals surface area contributed by atoms with Crippen molar-refractivity contribution >= 4 is 15.9 Å². The second-order valence-electron chi connectivity index (χ2n) is 7.84. The van der Waals surface area contributed by atoms with Crippen LogP contribution in [0.3, 0.4) is 0 Å². The van der Waals surface area contributed by atoms with Gasteiger partial charge in [-0.25, -0.2) is 12.7 Å². The fraction of sp³-hybridized carbons (Fsp3) is 0.833. The van der Waals surface area contributed by atoms with Gasteiger partial charge in [0.05, 0.1) is 6.54 Å². The van der Waals surface area contributed by atoms with E-state index in [1.807, 2.05) is 9.80 Å². The molecule has 28 heavy (non-hydrogen) atoms. The van der Waals surface area contributed by atoms with E-state index in [-0.39, 0.29) is 32.1 Å². The number of hydrogen-bond donors (Lipinski definition) is 0. The molecule has 160 valence electrons. The number of halogens is 3. The zero-order chi connectivity index (χ0) is 20.4. The molecule has 6 nitrogen and oxygen atoms in total. The number of fused-ring (bicyclic) bond motifs is 1. The molecule has 2 saturated heterocycles. The van der Waals surface area contributed by atoms with Crippen LogP contribution >= 0.6 is 0 Å². The molecule has 0 radical (unpaired) electrons. The normalized spacial score (nSPS) is 25.8. The van der Waals surface area contributed by atoms with Crippen molar-refractivity contribution in [3.8, 4) is 0 Å². The van der Waals surface area contributed by atoms with Gasteiger partial charge in [0.15, 0.2) is 5.75 Å². The molecule has 3 rings (SSSR count). The van der Waals surface area contributed by atoms with E-state index < -0.39 is 22.0 Å². The average Bonchev–Trinajstić information content (AvgIpc) is 2.85. The van der Waals surface area contributed by atoms with E-state index >= 15 is 0 Å². The highest BCUT2D eigenvalue weighted by atomic mass is 32.2. The van der Waals surface area contributed by atoms with Crippen LogP contribution < -0.4 is 0 Å². The third-order valence-electron chi connectivity index (χ3n) is 5.72. The highest BCUT2D eigenvalue weighted by Gasteiger charge is 2.39. The van der Waals surface area contributed by atoms with Gasteiger partial charge in [0.1, 0.15) is 0 Å². The number of sulfonamides is 1. The van der Waals surface area contributed by atoms with Crippen LogP contribution in [0.25, 0.3) is 0 Å². The lowest BCUT2D eigenvalue weighted by Crippen LogP contribution is -2.45. The Morgan fingerprint density at radius 1 is 1.04 bits per heavy atom. The van der Waals surface area contributed by atoms with E-state index in [1.165, 1.54) is 0 Å². The fourth-order valence-electron chi connectivity index (χ4n) is 4.40. The van der Waals surface area contributed by atoms with Gasteiger partial charge in [-0.15, -0.1) is 0 Å². The van der Waals surface area contributed by atoms with E-state index in [2.05, 4.69) is 6.08 Å². The number of amides is 1. The molecule has 0 spiro atoms. The second kappa shape index (κ2) is 8.71. The molecule has 2 aliphatic heterocycles. The summed E-state index contributed by atoms with van der Waals surface area (Å²) in [5.74, 6) is -1.37. The molecule has 1 amide bonds. The van der Waals surface area contributed by atoms with Crippen LogP contribution in [0.4, 0.5) is 13.2 Å². The number of allylic oxidation sites excluding steroid dienone is 2. The number of rotatable bonds is 4. The van der Waals surface area contributed by atoms with Crippen LogP contribution in [-0.4, -0.2) is 79.6 Å². The molecule has 0 bridgehead atoms. The molecule has 10 heteroatoms. The van der Waals surface area contributed by atoms with Crippen molar-refractivity contribution in [1.29, 1.82) is 0 Å². The summed E-state index contributed by atoms with van der Waals surface area (Å²) in [7, 11) is -4.38. The molecule has 0 N–H and O–H groups in total. The minimum absolute atomic E-state index is 0.00412. The largest absolute Gasteiger partial charge is 0.404 e. The molecule has 1 atom stereocenters. The Morgan fingerprint density at radius 2 is 1.79 bits per heavy atom. The molecular formula is C18H28F3N3O3S. The lowest BCUT2D eigenvalue weighted by molar-refractivity contribution is -0.131. The number of carbonyl (C=O) groups excluding carboxylic acids is 1. The van der Waals surface area contributed by atoms with Crippen molar-refractivity contribution < 1.29 is 26.4 Å². The van der Waals surface area contributed by atoms with Crippen LogP contribution in [0.1, 0.15) is 38.5 Å². The Hall–Kier alpha value is -1.13. The van der Waals surface area contributed by atoms with Crippen molar-refractivity contribution in [3.05, 3.63) is 11.8 Å². The Labute approximate surface area is 164 Å². The number of alkyl halides is 3. The molecule has 2 heterocycles. The summed E-state index contributed by atoms with van der Waals surface area (Å²) in [4.78, 5) is 16.6. The number of hydrogen-bond acceptors (Lipinski definition) is 4. The smallest absolute Gasteiger partial charge is 0.315 e. The van der Waals surface area contributed by atoms with Gasteiger partial charge in [0, 0.05) is 31.9 Å². The van der Waals surface area contributed by atoms with Crippen molar-refractivity contribution in [3.63, 3.8) is 0 Å². The van der Waals surface area contributed by atoms with Gasteiger partial charge in [-0.2, -0.15) is 13.2 Å². The maximum atomic E-state index is 12.9. The zero-order valence-electron chi connectivity index (χ0n) is 16.0. The zero-order valence-corrected chi connectivity index (χ0v) is 16.8. The number of piperidine rings is 1. The van der Waals surface area contributed by atoms with E-state index in [0.29, 0.717) is 25.4 Å². The first kappa shape index (κ1) is 21.6. The van der Waals surface area contributed by atoms with Gasteiger partial charge >= 0.3 is 6.18 Å². The Morgan fingerprint density at radius 3 is 2.54 bits per heavy atom. The Balaban J connectivity index is 1.57. The highest BCUT2D eigenvalue weighted by molar-refractivity contribution is 7.89. The van der Waals surface area contributed by atoms with Crippen molar-refractivity contribution in [2.45, 2.75) is 44.7 Å². The topological polar surface area (TPSA) is 60.9 Å². The van der Waals surface area contributed by atoms with Crippen LogP contribution in [0.5, 0.6) is 0 Å². The first-order chi connectivity index (χ1) is 13.2. The summed E-state index contributed by atoms with van der Waals surface area (Å²) >= 11 is 0. The number of carbonyl (C=O) groups is 1. The van der Waals surface area contributed by atoms with E-state index in [0.717, 1.165) is 42.1 Å². The van der Waals surface area contributed by atoms with Gasteiger partial charge < -0.3 is 4.90 Å². The summed E-state index contributed by atoms with van der Waals surface area (Å²) in [6.45, 7) is 1.69. The SMILES string of the molecule is O=C(CN1CCCN(S(=O)(=O)CC(F)(F)F)CC1)N1CCCC2CCCC=C21. The number of nitrogens with zero attached hydrogens (tertiary/aromatic N) is 3. The minimum atomic E-state index is -4.75. The Bertz CT molecular complexity index is 709. The molecule has 1 aliphatic carbocycles. The summed E-state index contributed by atoms with van der Waals surface area (Å²) < 4.78 is 62.5. The predicted molar refractivity (Wildman–Crippen MR) is 98.8 cm³/mol. The van der Waals surface area contributed by atoms with Gasteiger partial charge in [-0.3, -0.25) is 9.69 Å². The van der Waals surface area contributed by atoms with Gasteiger partial charge in [-0.1, -0.05) is 6.08 Å². The fourth-order valence-corrected chi connectivity index (χ4v) is 5.77. The average molecular weight is 424 g/mol. The summed E-state index contributed by atoms with van der Waals surface area (Å²) in [5.41, 5.74) is 1.13. The maximum absolute atomic E-state index is 12.9. The van der Waals surface area contributed by atoms with Crippen LogP contribution in [0.2, 0.25) is 0 Å². The Kier molecular flexibility index (Phi) is 6.71.